The van der Waals surface area contributed by atoms with Gasteiger partial charge in [-0.05, 0) is 39.4 Å². The zero-order chi connectivity index (χ0) is 9.30. The number of aryl methyl sites for hydroxylation is 1. The summed E-state index contributed by atoms with van der Waals surface area (Å²) in [6.45, 7) is 8.70. The van der Waals surface area contributed by atoms with Crippen molar-refractivity contribution >= 4 is 23.6 Å². The Kier molecular flexibility index (Phi) is 3.07. The Morgan fingerprint density at radius 2 is 2.08 bits per heavy atom. The van der Waals surface area contributed by atoms with E-state index in [1.165, 1.54) is 10.6 Å². The average Bonchev–Trinajstić information content (AvgIpc) is 2.24. The lowest BCUT2D eigenvalue weighted by Gasteiger charge is -2.11. The molecule has 0 amide bonds. The molecule has 1 aromatic rings. The van der Waals surface area contributed by atoms with Gasteiger partial charge in [-0.25, -0.2) is 0 Å². The molecule has 0 radical (unpaired) electrons. The Bertz CT molecular complexity index is 320. The summed E-state index contributed by atoms with van der Waals surface area (Å²) in [6.07, 6.45) is 1.08. The maximum Gasteiger partial charge on any atom is 0.161 e. The Morgan fingerprint density at radius 3 is 2.42 bits per heavy atom. The zero-order valence-electron chi connectivity index (χ0n) is 8.05. The maximum absolute atomic E-state index is 5.28. The molecular formula is C9H15NS2. The van der Waals surface area contributed by atoms with Gasteiger partial charge in [0, 0.05) is 16.6 Å². The van der Waals surface area contributed by atoms with Crippen molar-refractivity contribution in [2.75, 3.05) is 0 Å². The predicted octanol–water partition coefficient (Wildman–Crippen LogP) is 3.73. The van der Waals surface area contributed by atoms with Crippen LogP contribution in [0.2, 0.25) is 0 Å². The molecule has 0 aliphatic carbocycles. The lowest BCUT2D eigenvalue weighted by molar-refractivity contribution is 0.573. The summed E-state index contributed by atoms with van der Waals surface area (Å²) in [5.74, 6) is 0. The number of thiazole rings is 1. The van der Waals surface area contributed by atoms with Gasteiger partial charge in [-0.15, -0.1) is 11.3 Å². The van der Waals surface area contributed by atoms with E-state index in [0.29, 0.717) is 6.04 Å². The second kappa shape index (κ2) is 3.71. The molecule has 0 saturated carbocycles. The van der Waals surface area contributed by atoms with Crippen molar-refractivity contribution in [3.05, 3.63) is 14.5 Å². The van der Waals surface area contributed by atoms with E-state index in [-0.39, 0.29) is 0 Å². The lowest BCUT2D eigenvalue weighted by atomic mass is 10.2. The standard InChI is InChI=1S/C9H15NS2/c1-5-8-7(4)12-9(11)10(8)6(2)3/h6H,5H2,1-4H3. The number of hydrogen-bond donors (Lipinski definition) is 0. The van der Waals surface area contributed by atoms with Gasteiger partial charge in [0.2, 0.25) is 0 Å². The van der Waals surface area contributed by atoms with Gasteiger partial charge in [0.05, 0.1) is 0 Å². The van der Waals surface area contributed by atoms with Crippen LogP contribution in [0.3, 0.4) is 0 Å². The summed E-state index contributed by atoms with van der Waals surface area (Å²) in [5.41, 5.74) is 1.40. The second-order valence-electron chi connectivity index (χ2n) is 3.19. The molecule has 0 N–H and O–H groups in total. The van der Waals surface area contributed by atoms with E-state index in [4.69, 9.17) is 12.2 Å². The van der Waals surface area contributed by atoms with E-state index in [9.17, 15) is 0 Å². The highest BCUT2D eigenvalue weighted by Gasteiger charge is 2.09. The largest absolute Gasteiger partial charge is 0.324 e. The van der Waals surface area contributed by atoms with Crippen LogP contribution in [0.5, 0.6) is 0 Å². The van der Waals surface area contributed by atoms with Gasteiger partial charge in [0.15, 0.2) is 3.95 Å². The molecule has 0 spiro atoms. The van der Waals surface area contributed by atoms with Gasteiger partial charge in [0.25, 0.3) is 0 Å². The molecule has 0 atom stereocenters. The lowest BCUT2D eigenvalue weighted by Crippen LogP contribution is -2.05. The summed E-state index contributed by atoms with van der Waals surface area (Å²) >= 11 is 7.01. The first-order valence-corrected chi connectivity index (χ1v) is 5.51. The Hall–Kier alpha value is -0.150. The molecule has 0 aromatic carbocycles. The van der Waals surface area contributed by atoms with Gasteiger partial charge in [0.1, 0.15) is 0 Å². The fraction of sp³-hybridized carbons (Fsp3) is 0.667. The fourth-order valence-electron chi connectivity index (χ4n) is 1.46. The minimum Gasteiger partial charge on any atom is -0.324 e. The number of rotatable bonds is 2. The number of aromatic nitrogens is 1. The van der Waals surface area contributed by atoms with E-state index >= 15 is 0 Å². The molecule has 0 unspecified atom stereocenters. The molecular weight excluding hydrogens is 186 g/mol. The fourth-order valence-corrected chi connectivity index (χ4v) is 3.20. The van der Waals surface area contributed by atoms with Gasteiger partial charge < -0.3 is 4.57 Å². The van der Waals surface area contributed by atoms with Crippen LogP contribution in [0.4, 0.5) is 0 Å². The highest BCUT2D eigenvalue weighted by atomic mass is 32.1. The summed E-state index contributed by atoms with van der Waals surface area (Å²) in [5, 5.41) is 0. The van der Waals surface area contributed by atoms with E-state index in [1.807, 2.05) is 0 Å². The SMILES string of the molecule is CCc1c(C)sc(=S)n1C(C)C. The molecule has 0 aliphatic heterocycles. The third-order valence-corrected chi connectivity index (χ3v) is 3.35. The van der Waals surface area contributed by atoms with E-state index in [0.717, 1.165) is 10.4 Å². The van der Waals surface area contributed by atoms with Crippen molar-refractivity contribution in [1.29, 1.82) is 0 Å². The van der Waals surface area contributed by atoms with Crippen LogP contribution in [0, 0.1) is 10.9 Å². The molecule has 0 aliphatic rings. The van der Waals surface area contributed by atoms with Gasteiger partial charge in [-0.2, -0.15) is 0 Å². The summed E-state index contributed by atoms with van der Waals surface area (Å²) in [6, 6.07) is 0.498. The molecule has 12 heavy (non-hydrogen) atoms. The van der Waals surface area contributed by atoms with Crippen molar-refractivity contribution in [1.82, 2.24) is 4.57 Å². The van der Waals surface area contributed by atoms with Crippen LogP contribution in [0.15, 0.2) is 0 Å². The maximum atomic E-state index is 5.28. The first kappa shape index (κ1) is 9.93. The van der Waals surface area contributed by atoms with E-state index in [2.05, 4.69) is 32.3 Å². The first-order valence-electron chi connectivity index (χ1n) is 4.28. The predicted molar refractivity (Wildman–Crippen MR) is 57.6 cm³/mol. The molecule has 1 heterocycles. The van der Waals surface area contributed by atoms with Gasteiger partial charge >= 0.3 is 0 Å². The Morgan fingerprint density at radius 1 is 1.50 bits per heavy atom. The van der Waals surface area contributed by atoms with Crippen LogP contribution in [-0.4, -0.2) is 4.57 Å². The second-order valence-corrected chi connectivity index (χ2v) is 5.04. The number of nitrogens with zero attached hydrogens (tertiary/aromatic N) is 1. The van der Waals surface area contributed by atoms with Crippen molar-refractivity contribution in [3.8, 4) is 0 Å². The summed E-state index contributed by atoms with van der Waals surface area (Å²) in [4.78, 5) is 1.37. The van der Waals surface area contributed by atoms with Crippen LogP contribution in [0.1, 0.15) is 37.4 Å². The normalized spacial score (nSPS) is 11.1. The molecule has 0 saturated heterocycles. The van der Waals surface area contributed by atoms with Gasteiger partial charge in [-0.3, -0.25) is 0 Å². The van der Waals surface area contributed by atoms with Crippen molar-refractivity contribution in [3.63, 3.8) is 0 Å². The Labute approximate surface area is 83.0 Å². The molecule has 68 valence electrons. The molecule has 1 aromatic heterocycles. The van der Waals surface area contributed by atoms with Crippen molar-refractivity contribution in [2.45, 2.75) is 40.2 Å². The summed E-state index contributed by atoms with van der Waals surface area (Å²) in [7, 11) is 0. The van der Waals surface area contributed by atoms with E-state index in [1.54, 1.807) is 11.3 Å². The highest BCUT2D eigenvalue weighted by molar-refractivity contribution is 7.73. The van der Waals surface area contributed by atoms with E-state index < -0.39 is 0 Å². The minimum atomic E-state index is 0.498. The molecule has 3 heteroatoms. The van der Waals surface area contributed by atoms with Crippen molar-refractivity contribution < 1.29 is 0 Å². The smallest absolute Gasteiger partial charge is 0.161 e. The van der Waals surface area contributed by atoms with Crippen molar-refractivity contribution in [2.24, 2.45) is 0 Å². The molecule has 1 rings (SSSR count). The zero-order valence-corrected chi connectivity index (χ0v) is 9.68. The first-order chi connectivity index (χ1) is 5.57. The molecule has 0 fully saturated rings. The van der Waals surface area contributed by atoms with Crippen LogP contribution in [-0.2, 0) is 6.42 Å². The molecule has 0 bridgehead atoms. The minimum absolute atomic E-state index is 0.498. The quantitative estimate of drug-likeness (QED) is 0.660. The Balaban J connectivity index is 3.33. The van der Waals surface area contributed by atoms with Crippen LogP contribution in [0.25, 0.3) is 0 Å². The van der Waals surface area contributed by atoms with Crippen LogP contribution >= 0.6 is 23.6 Å². The third-order valence-electron chi connectivity index (χ3n) is 1.99. The third kappa shape index (κ3) is 1.62. The molecule has 1 nitrogen and oxygen atoms in total. The number of hydrogen-bond acceptors (Lipinski definition) is 2. The van der Waals surface area contributed by atoms with Crippen LogP contribution < -0.4 is 0 Å². The topological polar surface area (TPSA) is 4.93 Å². The summed E-state index contributed by atoms with van der Waals surface area (Å²) < 4.78 is 3.27. The highest BCUT2D eigenvalue weighted by Crippen LogP contribution is 2.22. The van der Waals surface area contributed by atoms with Gasteiger partial charge in [-0.1, -0.05) is 6.92 Å². The average molecular weight is 201 g/mol. The monoisotopic (exact) mass is 201 g/mol.